The van der Waals surface area contributed by atoms with Gasteiger partial charge in [0.15, 0.2) is 5.17 Å². The maximum Gasteiger partial charge on any atom is 0.240 e. The Morgan fingerprint density at radius 3 is 2.88 bits per heavy atom. The number of methoxy groups -OCH3 is 1. The van der Waals surface area contributed by atoms with Gasteiger partial charge in [-0.25, -0.2) is 0 Å². The monoisotopic (exact) mass is 389 g/mol. The van der Waals surface area contributed by atoms with Gasteiger partial charge in [0.2, 0.25) is 11.8 Å². The molecule has 0 aromatic heterocycles. The molecule has 9 heteroatoms. The summed E-state index contributed by atoms with van der Waals surface area (Å²) in [6.07, 6.45) is 0.0361. The molecule has 2 amide bonds. The number of halogens is 2. The van der Waals surface area contributed by atoms with Crippen LogP contribution in [0.4, 0.5) is 5.69 Å². The van der Waals surface area contributed by atoms with E-state index in [1.165, 1.54) is 11.8 Å². The smallest absolute Gasteiger partial charge is 0.240 e. The lowest BCUT2D eigenvalue weighted by atomic mass is 10.2. The Hall–Kier alpha value is -1.28. The lowest BCUT2D eigenvalue weighted by Crippen LogP contribution is -2.28. The van der Waals surface area contributed by atoms with E-state index in [4.69, 9.17) is 27.9 Å². The number of benzene rings is 1. The molecule has 1 aromatic carbocycles. The average Bonchev–Trinajstić information content (AvgIpc) is 2.82. The molecule has 0 spiro atoms. The van der Waals surface area contributed by atoms with Crippen LogP contribution in [0, 0.1) is 0 Å². The zero-order valence-electron chi connectivity index (χ0n) is 13.1. The van der Waals surface area contributed by atoms with Crippen LogP contribution in [0.3, 0.4) is 0 Å². The molecular formula is C15H17Cl2N3O3S. The van der Waals surface area contributed by atoms with Crippen molar-refractivity contribution >= 4 is 57.6 Å². The number of aliphatic imine (C=N–C) groups is 1. The second-order valence-corrected chi connectivity index (χ2v) is 7.22. The maximum absolute atomic E-state index is 12.1. The first-order valence-corrected chi connectivity index (χ1v) is 8.81. The number of hydrogen-bond donors (Lipinski definition) is 2. The van der Waals surface area contributed by atoms with Crippen LogP contribution in [0.15, 0.2) is 23.2 Å². The van der Waals surface area contributed by atoms with Crippen LogP contribution in [0.2, 0.25) is 10.0 Å². The Kier molecular flexibility index (Phi) is 6.91. The number of ether oxygens (including phenoxy) is 1. The first-order chi connectivity index (χ1) is 11.4. The van der Waals surface area contributed by atoms with Gasteiger partial charge in [0.05, 0.1) is 22.7 Å². The van der Waals surface area contributed by atoms with Gasteiger partial charge >= 0.3 is 0 Å². The molecule has 6 nitrogen and oxygen atoms in total. The molecule has 0 unspecified atom stereocenters. The van der Waals surface area contributed by atoms with Crippen LogP contribution in [0.25, 0.3) is 0 Å². The number of hydrogen-bond acceptors (Lipinski definition) is 5. The minimum atomic E-state index is -0.513. The van der Waals surface area contributed by atoms with E-state index in [1.54, 1.807) is 25.3 Å². The maximum atomic E-state index is 12.1. The van der Waals surface area contributed by atoms with Crippen molar-refractivity contribution < 1.29 is 14.3 Å². The fourth-order valence-electron chi connectivity index (χ4n) is 2.03. The Bertz CT molecular complexity index is 669. The second kappa shape index (κ2) is 8.71. The number of anilines is 1. The molecule has 1 saturated heterocycles. The van der Waals surface area contributed by atoms with Gasteiger partial charge in [0.1, 0.15) is 5.25 Å². The predicted molar refractivity (Wildman–Crippen MR) is 98.0 cm³/mol. The van der Waals surface area contributed by atoms with Crippen LogP contribution in [-0.2, 0) is 14.3 Å². The van der Waals surface area contributed by atoms with Crippen molar-refractivity contribution in [2.24, 2.45) is 4.99 Å². The van der Waals surface area contributed by atoms with Crippen LogP contribution in [0.5, 0.6) is 0 Å². The van der Waals surface area contributed by atoms with Gasteiger partial charge in [-0.3, -0.25) is 14.6 Å². The average molecular weight is 390 g/mol. The van der Waals surface area contributed by atoms with Crippen molar-refractivity contribution in [3.05, 3.63) is 28.2 Å². The van der Waals surface area contributed by atoms with Crippen molar-refractivity contribution in [1.82, 2.24) is 5.32 Å². The van der Waals surface area contributed by atoms with Gasteiger partial charge in [-0.05, 0) is 25.1 Å². The SMILES string of the molecule is COC[C@@H](C)N=C1NC(=O)[C@@H](CC(=O)Nc2ccc(Cl)c(Cl)c2)S1. The standard InChI is InChI=1S/C15H17Cl2N3O3S/c1-8(7-23-2)18-15-20-14(22)12(24-15)6-13(21)19-9-3-4-10(16)11(17)5-9/h3-5,8,12H,6-7H2,1-2H3,(H,19,21)(H,18,20,22)/t8-,12-/m1/s1. The van der Waals surface area contributed by atoms with Crippen molar-refractivity contribution in [3.8, 4) is 0 Å². The molecule has 24 heavy (non-hydrogen) atoms. The topological polar surface area (TPSA) is 79.8 Å². The number of carbonyl (C=O) groups excluding carboxylic acids is 2. The largest absolute Gasteiger partial charge is 0.382 e. The highest BCUT2D eigenvalue weighted by atomic mass is 35.5. The van der Waals surface area contributed by atoms with Gasteiger partial charge in [-0.2, -0.15) is 0 Å². The Morgan fingerprint density at radius 1 is 1.46 bits per heavy atom. The van der Waals surface area contributed by atoms with E-state index >= 15 is 0 Å². The van der Waals surface area contributed by atoms with Crippen LogP contribution in [0.1, 0.15) is 13.3 Å². The summed E-state index contributed by atoms with van der Waals surface area (Å²) in [6, 6.07) is 4.73. The summed E-state index contributed by atoms with van der Waals surface area (Å²) in [7, 11) is 1.59. The summed E-state index contributed by atoms with van der Waals surface area (Å²) < 4.78 is 5.00. The van der Waals surface area contributed by atoms with Crippen LogP contribution < -0.4 is 10.6 Å². The number of carbonyl (C=O) groups is 2. The number of thioether (sulfide) groups is 1. The summed E-state index contributed by atoms with van der Waals surface area (Å²) in [5.41, 5.74) is 0.528. The number of nitrogens with one attached hydrogen (secondary N) is 2. The number of nitrogens with zero attached hydrogens (tertiary/aromatic N) is 1. The van der Waals surface area contributed by atoms with Crippen molar-refractivity contribution in [2.45, 2.75) is 24.6 Å². The minimum Gasteiger partial charge on any atom is -0.382 e. The first-order valence-electron chi connectivity index (χ1n) is 7.18. The van der Waals surface area contributed by atoms with Gasteiger partial charge in [0.25, 0.3) is 0 Å². The molecule has 0 bridgehead atoms. The summed E-state index contributed by atoms with van der Waals surface area (Å²) in [5, 5.41) is 6.14. The predicted octanol–water partition coefficient (Wildman–Crippen LogP) is 2.94. The third-order valence-corrected chi connectivity index (χ3v) is 4.93. The van der Waals surface area contributed by atoms with Gasteiger partial charge in [-0.1, -0.05) is 35.0 Å². The minimum absolute atomic E-state index is 0.0361. The number of rotatable bonds is 6. The zero-order valence-corrected chi connectivity index (χ0v) is 15.5. The number of amidine groups is 1. The lowest BCUT2D eigenvalue weighted by Gasteiger charge is -2.08. The molecule has 0 saturated carbocycles. The highest BCUT2D eigenvalue weighted by Crippen LogP contribution is 2.26. The molecule has 1 aromatic rings. The molecule has 2 atom stereocenters. The molecule has 1 fully saturated rings. The van der Waals surface area contributed by atoms with Crippen molar-refractivity contribution in [3.63, 3.8) is 0 Å². The quantitative estimate of drug-likeness (QED) is 0.783. The second-order valence-electron chi connectivity index (χ2n) is 5.22. The van der Waals surface area contributed by atoms with E-state index in [9.17, 15) is 9.59 Å². The van der Waals surface area contributed by atoms with Gasteiger partial charge < -0.3 is 15.4 Å². The third-order valence-electron chi connectivity index (χ3n) is 3.10. The third kappa shape index (κ3) is 5.37. The van der Waals surface area contributed by atoms with Crippen LogP contribution in [-0.4, -0.2) is 42.0 Å². The molecule has 2 rings (SSSR count). The summed E-state index contributed by atoms with van der Waals surface area (Å²) in [5.74, 6) is -0.514. The van der Waals surface area contributed by atoms with E-state index in [-0.39, 0.29) is 24.3 Å². The molecule has 0 radical (unpaired) electrons. The summed E-state index contributed by atoms with van der Waals surface area (Å²) in [4.78, 5) is 28.4. The Labute approximate surface area is 154 Å². The molecular weight excluding hydrogens is 373 g/mol. The highest BCUT2D eigenvalue weighted by Gasteiger charge is 2.32. The van der Waals surface area contributed by atoms with E-state index in [1.807, 2.05) is 6.92 Å². The fraction of sp³-hybridized carbons (Fsp3) is 0.400. The van der Waals surface area contributed by atoms with Crippen molar-refractivity contribution in [1.29, 1.82) is 0 Å². The molecule has 130 valence electrons. The van der Waals surface area contributed by atoms with E-state index in [0.717, 1.165) is 0 Å². The lowest BCUT2D eigenvalue weighted by molar-refractivity contribution is -0.122. The number of amides is 2. The van der Waals surface area contributed by atoms with Gasteiger partial charge in [-0.15, -0.1) is 0 Å². The Morgan fingerprint density at radius 2 is 2.21 bits per heavy atom. The van der Waals surface area contributed by atoms with E-state index in [0.29, 0.717) is 27.5 Å². The van der Waals surface area contributed by atoms with E-state index in [2.05, 4.69) is 15.6 Å². The summed E-state index contributed by atoms with van der Waals surface area (Å²) in [6.45, 7) is 2.34. The first kappa shape index (κ1) is 19.1. The molecule has 1 aliphatic heterocycles. The molecule has 1 heterocycles. The Balaban J connectivity index is 1.92. The van der Waals surface area contributed by atoms with Gasteiger partial charge in [0, 0.05) is 19.2 Å². The molecule has 0 aliphatic carbocycles. The fourth-order valence-corrected chi connectivity index (χ4v) is 3.40. The summed E-state index contributed by atoms with van der Waals surface area (Å²) >= 11 is 13.0. The van der Waals surface area contributed by atoms with E-state index < -0.39 is 5.25 Å². The highest BCUT2D eigenvalue weighted by molar-refractivity contribution is 8.15. The normalized spacial score (nSPS) is 20.1. The zero-order chi connectivity index (χ0) is 17.7. The molecule has 2 N–H and O–H groups in total. The molecule has 1 aliphatic rings. The van der Waals surface area contributed by atoms with Crippen molar-refractivity contribution in [2.75, 3.05) is 19.0 Å². The van der Waals surface area contributed by atoms with Crippen LogP contribution >= 0.6 is 35.0 Å².